The molecule has 5 aromatic rings. The van der Waals surface area contributed by atoms with Crippen LogP contribution in [-0.4, -0.2) is 39.7 Å². The summed E-state index contributed by atoms with van der Waals surface area (Å²) in [6, 6.07) is 9.43. The van der Waals surface area contributed by atoms with Gasteiger partial charge in [-0.25, -0.2) is 4.98 Å². The molecule has 1 aromatic carbocycles. The van der Waals surface area contributed by atoms with Crippen molar-refractivity contribution in [3.05, 3.63) is 48.7 Å². The molecule has 10 heteroatoms. The Labute approximate surface area is 146 Å². The fraction of sp³-hybridized carbons (Fsp3) is 0.125. The van der Waals surface area contributed by atoms with Crippen LogP contribution in [0.2, 0.25) is 0 Å². The Morgan fingerprint density at radius 2 is 2.00 bits per heavy atom. The molecule has 0 fully saturated rings. The number of aromatic nitrogens is 8. The molecule has 0 N–H and O–H groups in total. The second-order valence-electron chi connectivity index (χ2n) is 5.58. The van der Waals surface area contributed by atoms with E-state index in [-0.39, 0.29) is 6.61 Å². The summed E-state index contributed by atoms with van der Waals surface area (Å²) >= 11 is 0. The molecule has 4 aromatic heterocycles. The van der Waals surface area contributed by atoms with Crippen LogP contribution in [0, 0.1) is 0 Å². The molecule has 0 saturated heterocycles. The maximum Gasteiger partial charge on any atom is 0.240 e. The van der Waals surface area contributed by atoms with Crippen LogP contribution in [-0.2, 0) is 13.7 Å². The summed E-state index contributed by atoms with van der Waals surface area (Å²) in [5, 5.41) is 22.7. The van der Waals surface area contributed by atoms with Crippen LogP contribution in [0.25, 0.3) is 27.9 Å². The van der Waals surface area contributed by atoms with Gasteiger partial charge in [0.05, 0.1) is 0 Å². The molecule has 0 amide bonds. The maximum atomic E-state index is 5.94. The highest BCUT2D eigenvalue weighted by molar-refractivity contribution is 5.96. The zero-order valence-corrected chi connectivity index (χ0v) is 13.6. The number of benzene rings is 1. The monoisotopic (exact) mass is 348 g/mol. The van der Waals surface area contributed by atoms with Gasteiger partial charge < -0.3 is 9.26 Å². The highest BCUT2D eigenvalue weighted by Gasteiger charge is 2.18. The highest BCUT2D eigenvalue weighted by atomic mass is 16.5. The van der Waals surface area contributed by atoms with Crippen molar-refractivity contribution in [1.29, 1.82) is 0 Å². The van der Waals surface area contributed by atoms with Crippen molar-refractivity contribution >= 4 is 16.4 Å². The first-order valence-corrected chi connectivity index (χ1v) is 7.82. The first kappa shape index (κ1) is 14.5. The van der Waals surface area contributed by atoms with E-state index in [1.54, 1.807) is 15.3 Å². The van der Waals surface area contributed by atoms with Crippen LogP contribution in [0.3, 0.4) is 0 Å². The molecule has 4 heterocycles. The maximum absolute atomic E-state index is 5.94. The first-order chi connectivity index (χ1) is 12.8. The zero-order valence-electron chi connectivity index (χ0n) is 13.6. The third kappa shape index (κ3) is 2.19. The van der Waals surface area contributed by atoms with E-state index in [9.17, 15) is 0 Å². The topological polar surface area (TPSA) is 109 Å². The van der Waals surface area contributed by atoms with Crippen LogP contribution in [0.1, 0.15) is 5.82 Å². The van der Waals surface area contributed by atoms with E-state index in [1.807, 2.05) is 31.3 Å². The summed E-state index contributed by atoms with van der Waals surface area (Å²) in [6.07, 6.45) is 2.96. The van der Waals surface area contributed by atoms with Gasteiger partial charge in [-0.15, -0.1) is 15.3 Å². The third-order valence-corrected chi connectivity index (χ3v) is 4.04. The van der Waals surface area contributed by atoms with Gasteiger partial charge in [-0.2, -0.15) is 9.61 Å². The van der Waals surface area contributed by atoms with Gasteiger partial charge in [0.1, 0.15) is 19.2 Å². The molecule has 0 unspecified atom stereocenters. The highest BCUT2D eigenvalue weighted by Crippen LogP contribution is 2.28. The second-order valence-corrected chi connectivity index (χ2v) is 5.58. The number of fused-ring (bicyclic) bond motifs is 3. The molecule has 5 rings (SSSR count). The molecule has 0 spiro atoms. The Balaban J connectivity index is 1.68. The van der Waals surface area contributed by atoms with Gasteiger partial charge in [0.25, 0.3) is 0 Å². The van der Waals surface area contributed by atoms with Crippen LogP contribution in [0.5, 0.6) is 5.88 Å². The van der Waals surface area contributed by atoms with Gasteiger partial charge in [-0.05, 0) is 6.07 Å². The normalized spacial score (nSPS) is 11.4. The number of rotatable bonds is 4. The van der Waals surface area contributed by atoms with Crippen molar-refractivity contribution in [1.82, 2.24) is 39.7 Å². The minimum absolute atomic E-state index is 0.237. The number of hydrogen-bond acceptors (Lipinski definition) is 8. The van der Waals surface area contributed by atoms with Crippen molar-refractivity contribution in [2.75, 3.05) is 0 Å². The number of ether oxygens (including phenoxy) is 1. The molecule has 26 heavy (non-hydrogen) atoms. The van der Waals surface area contributed by atoms with Gasteiger partial charge in [0.15, 0.2) is 17.2 Å². The molecule has 0 aliphatic rings. The summed E-state index contributed by atoms with van der Waals surface area (Å²) in [5.74, 6) is 1.61. The standard InChI is InChI=1S/C16H12N8O2/c1-23-13(17-9-18-23)8-25-16-11-5-3-2-4-10(11)14-19-20-15(24(14)21-16)12-6-7-26-22-12/h2-7,9H,8H2,1H3. The smallest absolute Gasteiger partial charge is 0.240 e. The quantitative estimate of drug-likeness (QED) is 0.482. The van der Waals surface area contributed by atoms with Crippen LogP contribution < -0.4 is 4.74 Å². The Morgan fingerprint density at radius 3 is 2.77 bits per heavy atom. The lowest BCUT2D eigenvalue weighted by molar-refractivity contribution is 0.278. The lowest BCUT2D eigenvalue weighted by atomic mass is 10.2. The predicted octanol–water partition coefficient (Wildman–Crippen LogP) is 1.64. The molecule has 0 aliphatic carbocycles. The summed E-state index contributed by atoms with van der Waals surface area (Å²) < 4.78 is 14.1. The van der Waals surface area contributed by atoms with E-state index >= 15 is 0 Å². The van der Waals surface area contributed by atoms with Crippen molar-refractivity contribution in [3.8, 4) is 17.4 Å². The lowest BCUT2D eigenvalue weighted by Crippen LogP contribution is -2.07. The summed E-state index contributed by atoms with van der Waals surface area (Å²) in [4.78, 5) is 4.17. The molecule has 0 radical (unpaired) electrons. The molecule has 128 valence electrons. The fourth-order valence-electron chi connectivity index (χ4n) is 2.73. The zero-order chi connectivity index (χ0) is 17.5. The Morgan fingerprint density at radius 1 is 1.12 bits per heavy atom. The summed E-state index contributed by atoms with van der Waals surface area (Å²) in [6.45, 7) is 0.237. The van der Waals surface area contributed by atoms with E-state index in [4.69, 9.17) is 9.26 Å². The van der Waals surface area contributed by atoms with Crippen LogP contribution in [0.15, 0.2) is 47.4 Å². The van der Waals surface area contributed by atoms with Crippen molar-refractivity contribution < 1.29 is 9.26 Å². The SMILES string of the molecule is Cn1ncnc1COc1nn2c(-c3ccon3)nnc2c2ccccc12. The minimum Gasteiger partial charge on any atom is -0.468 e. The van der Waals surface area contributed by atoms with Crippen molar-refractivity contribution in [3.63, 3.8) is 0 Å². The molecule has 0 atom stereocenters. The average Bonchev–Trinajstić information content (AvgIpc) is 3.40. The van der Waals surface area contributed by atoms with Crippen molar-refractivity contribution in [2.24, 2.45) is 7.05 Å². The number of aryl methyl sites for hydroxylation is 1. The molecular weight excluding hydrogens is 336 g/mol. The lowest BCUT2D eigenvalue weighted by Gasteiger charge is -2.09. The molecule has 0 aliphatic heterocycles. The van der Waals surface area contributed by atoms with E-state index < -0.39 is 0 Å². The van der Waals surface area contributed by atoms with Crippen molar-refractivity contribution in [2.45, 2.75) is 6.61 Å². The molecular formula is C16H12N8O2. The predicted molar refractivity (Wildman–Crippen MR) is 89.1 cm³/mol. The fourth-order valence-corrected chi connectivity index (χ4v) is 2.73. The van der Waals surface area contributed by atoms with E-state index in [0.717, 1.165) is 10.8 Å². The van der Waals surface area contributed by atoms with Gasteiger partial charge in [0.2, 0.25) is 11.7 Å². The summed E-state index contributed by atoms with van der Waals surface area (Å²) in [7, 11) is 1.81. The Kier molecular flexibility index (Phi) is 3.14. The number of hydrogen-bond donors (Lipinski definition) is 0. The summed E-state index contributed by atoms with van der Waals surface area (Å²) in [5.41, 5.74) is 1.16. The second kappa shape index (κ2) is 5.62. The van der Waals surface area contributed by atoms with Crippen LogP contribution in [0.4, 0.5) is 0 Å². The van der Waals surface area contributed by atoms with Gasteiger partial charge in [-0.3, -0.25) is 4.68 Å². The van der Waals surface area contributed by atoms with Gasteiger partial charge >= 0.3 is 0 Å². The minimum atomic E-state index is 0.237. The molecule has 0 saturated carbocycles. The van der Waals surface area contributed by atoms with E-state index in [1.165, 1.54) is 12.6 Å². The molecule has 10 nitrogen and oxygen atoms in total. The third-order valence-electron chi connectivity index (χ3n) is 4.04. The first-order valence-electron chi connectivity index (χ1n) is 7.82. The Bertz CT molecular complexity index is 1210. The Hall–Kier alpha value is -3.82. The largest absolute Gasteiger partial charge is 0.468 e. The molecule has 0 bridgehead atoms. The van der Waals surface area contributed by atoms with Gasteiger partial charge in [0, 0.05) is 23.9 Å². The van der Waals surface area contributed by atoms with E-state index in [2.05, 4.69) is 30.5 Å². The number of nitrogens with zero attached hydrogens (tertiary/aromatic N) is 8. The van der Waals surface area contributed by atoms with Crippen LogP contribution >= 0.6 is 0 Å². The van der Waals surface area contributed by atoms with Gasteiger partial charge in [-0.1, -0.05) is 23.4 Å². The van der Waals surface area contributed by atoms with E-state index in [0.29, 0.717) is 28.9 Å². The average molecular weight is 348 g/mol.